The molecule has 0 aliphatic carbocycles. The second-order valence-electron chi connectivity index (χ2n) is 14.6. The van der Waals surface area contributed by atoms with Gasteiger partial charge in [0.15, 0.2) is 11.2 Å². The Labute approximate surface area is 311 Å². The maximum Gasteiger partial charge on any atom is 0.161 e. The van der Waals surface area contributed by atoms with Crippen LogP contribution in [0.4, 0.5) is 17.1 Å². The second-order valence-corrected chi connectivity index (χ2v) is 14.6. The first kappa shape index (κ1) is 28.0. The monoisotopic (exact) mass is 694 g/mol. The summed E-state index contributed by atoms with van der Waals surface area (Å²) < 4.78 is 40.3. The molecule has 0 fully saturated rings. The van der Waals surface area contributed by atoms with Crippen molar-refractivity contribution in [3.05, 3.63) is 145 Å². The number of anilines is 3. The lowest BCUT2D eigenvalue weighted by atomic mass is 9.88. The molecule has 0 amide bonds. The second kappa shape index (κ2) is 11.7. The number of aromatic nitrogens is 3. The topological polar surface area (TPSA) is 59.6 Å². The third-order valence-corrected chi connectivity index (χ3v) is 10.3. The summed E-state index contributed by atoms with van der Waals surface area (Å²) >= 11 is 0. The molecule has 258 valence electrons. The number of nitrogens with zero attached hydrogens (tertiary/aromatic N) is 5. The van der Waals surface area contributed by atoms with Crippen molar-refractivity contribution in [2.24, 2.45) is 0 Å². The van der Waals surface area contributed by atoms with Crippen molar-refractivity contribution in [3.63, 3.8) is 0 Å². The lowest BCUT2D eigenvalue weighted by Gasteiger charge is -2.20. The van der Waals surface area contributed by atoms with Crippen molar-refractivity contribution in [1.82, 2.24) is 14.5 Å². The molecular weight excluding hydrogens is 655 g/mol. The van der Waals surface area contributed by atoms with E-state index in [0.29, 0.717) is 34.0 Å². The summed E-state index contributed by atoms with van der Waals surface area (Å²) in [6, 6.07) is 40.9. The van der Waals surface area contributed by atoms with Gasteiger partial charge in [-0.15, -0.1) is 0 Å². The molecule has 1 aliphatic heterocycles. The lowest BCUT2D eigenvalue weighted by Crippen LogP contribution is -2.23. The van der Waals surface area contributed by atoms with Gasteiger partial charge in [0.25, 0.3) is 0 Å². The molecule has 53 heavy (non-hydrogen) atoms. The van der Waals surface area contributed by atoms with E-state index in [-0.39, 0.29) is 12.1 Å². The minimum atomic E-state index is -2.37. The maximum atomic E-state index is 8.36. The zero-order valence-corrected chi connectivity index (χ0v) is 29.5. The SMILES string of the molecule is [2H]C([2H])([2H])N1CN(c2cccc(Oc3ccc4c5cc(-c6ccccc6)ccc5n(-c5cc(C(C)(C)C)ccn5)c4c3)c2)c2c1ccc1c2oc2cnccc21. The van der Waals surface area contributed by atoms with Crippen molar-refractivity contribution >= 4 is 60.8 Å². The molecule has 4 aromatic heterocycles. The van der Waals surface area contributed by atoms with Crippen molar-refractivity contribution in [1.29, 1.82) is 0 Å². The zero-order valence-electron chi connectivity index (χ0n) is 32.5. The van der Waals surface area contributed by atoms with Gasteiger partial charge < -0.3 is 19.0 Å². The summed E-state index contributed by atoms with van der Waals surface area (Å²) in [6.07, 6.45) is 5.31. The van der Waals surface area contributed by atoms with Crippen LogP contribution in [0.3, 0.4) is 0 Å². The van der Waals surface area contributed by atoms with Crippen molar-refractivity contribution in [2.75, 3.05) is 23.4 Å². The van der Waals surface area contributed by atoms with E-state index >= 15 is 0 Å². The average Bonchev–Trinajstić information content (AvgIpc) is 3.88. The first-order valence-corrected chi connectivity index (χ1v) is 17.7. The highest BCUT2D eigenvalue weighted by Crippen LogP contribution is 2.48. The molecule has 5 heterocycles. The van der Waals surface area contributed by atoms with Crippen molar-refractivity contribution in [3.8, 4) is 28.4 Å². The van der Waals surface area contributed by atoms with Crippen LogP contribution in [-0.4, -0.2) is 28.2 Å². The van der Waals surface area contributed by atoms with E-state index in [1.54, 1.807) is 12.4 Å². The van der Waals surface area contributed by atoms with Gasteiger partial charge in [-0.25, -0.2) is 4.98 Å². The molecule has 7 nitrogen and oxygen atoms in total. The number of ether oxygens (including phenoxy) is 1. The fourth-order valence-electron chi connectivity index (χ4n) is 7.63. The highest BCUT2D eigenvalue weighted by atomic mass is 16.5. The average molecular weight is 695 g/mol. The summed E-state index contributed by atoms with van der Waals surface area (Å²) in [6.45, 7) is 4.38. The van der Waals surface area contributed by atoms with E-state index in [4.69, 9.17) is 18.3 Å². The third-order valence-electron chi connectivity index (χ3n) is 10.3. The fourth-order valence-corrected chi connectivity index (χ4v) is 7.63. The first-order valence-electron chi connectivity index (χ1n) is 19.2. The smallest absolute Gasteiger partial charge is 0.161 e. The summed E-state index contributed by atoms with van der Waals surface area (Å²) in [5, 5.41) is 4.03. The number of furan rings is 1. The van der Waals surface area contributed by atoms with E-state index in [2.05, 4.69) is 97.1 Å². The lowest BCUT2D eigenvalue weighted by molar-refractivity contribution is 0.483. The molecule has 10 rings (SSSR count). The third kappa shape index (κ3) is 5.11. The largest absolute Gasteiger partial charge is 0.457 e. The van der Waals surface area contributed by atoms with Gasteiger partial charge in [0.2, 0.25) is 0 Å². The van der Waals surface area contributed by atoms with Crippen LogP contribution in [0, 0.1) is 0 Å². The Bertz CT molecular complexity index is 2980. The van der Waals surface area contributed by atoms with Gasteiger partial charge in [-0.3, -0.25) is 9.55 Å². The zero-order chi connectivity index (χ0) is 38.3. The van der Waals surface area contributed by atoms with Gasteiger partial charge in [-0.1, -0.05) is 63.2 Å². The Morgan fingerprint density at radius 3 is 2.45 bits per heavy atom. The molecule has 1 aliphatic rings. The highest BCUT2D eigenvalue weighted by molar-refractivity contribution is 6.13. The van der Waals surface area contributed by atoms with Crippen LogP contribution in [0.25, 0.3) is 60.7 Å². The Kier molecular flexibility index (Phi) is 6.20. The standard InChI is InChI=1S/C46H37N5O2/c1-46(2,3)31-19-22-48-43(24-31)51-39-17-13-30(29-9-6-5-7-10-29)23-38(39)35-15-14-34(26-41(35)51)52-33-12-8-11-32(25-33)50-28-49(4)40-18-16-37-36-20-21-47-27-42(36)53-45(37)44(40)50/h5-27H,28H2,1-4H3/i4D3. The molecule has 5 aromatic carbocycles. The van der Waals surface area contributed by atoms with Gasteiger partial charge in [-0.05, 0) is 88.8 Å². The number of fused-ring (bicyclic) bond motifs is 8. The van der Waals surface area contributed by atoms with Gasteiger partial charge in [0.05, 0.1) is 29.6 Å². The maximum absolute atomic E-state index is 8.36. The molecule has 0 radical (unpaired) electrons. The molecule has 0 saturated carbocycles. The summed E-state index contributed by atoms with van der Waals surface area (Å²) in [4.78, 5) is 12.5. The Balaban J connectivity index is 1.08. The molecule has 0 saturated heterocycles. The van der Waals surface area contributed by atoms with Gasteiger partial charge in [-0.2, -0.15) is 0 Å². The molecule has 0 bridgehead atoms. The van der Waals surface area contributed by atoms with Gasteiger partial charge in [0, 0.05) is 62.8 Å². The number of pyridine rings is 2. The van der Waals surface area contributed by atoms with Crippen LogP contribution in [0.5, 0.6) is 11.5 Å². The summed E-state index contributed by atoms with van der Waals surface area (Å²) in [5.41, 5.74) is 8.76. The number of benzene rings is 5. The van der Waals surface area contributed by atoms with E-state index in [9.17, 15) is 0 Å². The van der Waals surface area contributed by atoms with Crippen LogP contribution >= 0.6 is 0 Å². The van der Waals surface area contributed by atoms with Crippen molar-refractivity contribution < 1.29 is 13.3 Å². The molecular formula is C46H37N5O2. The minimum Gasteiger partial charge on any atom is -0.457 e. The predicted octanol–water partition coefficient (Wildman–Crippen LogP) is 11.8. The number of hydrogen-bond donors (Lipinski definition) is 0. The highest BCUT2D eigenvalue weighted by Gasteiger charge is 2.30. The van der Waals surface area contributed by atoms with E-state index in [1.165, 1.54) is 10.5 Å². The molecule has 0 N–H and O–H groups in total. The summed E-state index contributed by atoms with van der Waals surface area (Å²) in [7, 11) is 0. The van der Waals surface area contributed by atoms with E-state index < -0.39 is 6.98 Å². The van der Waals surface area contributed by atoms with Gasteiger partial charge >= 0.3 is 0 Å². The van der Waals surface area contributed by atoms with Crippen LogP contribution in [0.15, 0.2) is 144 Å². The fraction of sp³-hybridized carbons (Fsp3) is 0.130. The molecule has 0 spiro atoms. The molecule has 7 heteroatoms. The first-order chi connectivity index (χ1) is 27.0. The van der Waals surface area contributed by atoms with Crippen LogP contribution in [0.1, 0.15) is 30.4 Å². The summed E-state index contributed by atoms with van der Waals surface area (Å²) in [5.74, 6) is 2.11. The quantitative estimate of drug-likeness (QED) is 0.179. The predicted molar refractivity (Wildman–Crippen MR) is 216 cm³/mol. The van der Waals surface area contributed by atoms with Crippen molar-refractivity contribution in [2.45, 2.75) is 26.2 Å². The Morgan fingerprint density at radius 1 is 0.717 bits per heavy atom. The Morgan fingerprint density at radius 2 is 1.58 bits per heavy atom. The normalized spacial score (nSPS) is 14.2. The van der Waals surface area contributed by atoms with Crippen LogP contribution < -0.4 is 14.5 Å². The van der Waals surface area contributed by atoms with Crippen LogP contribution in [-0.2, 0) is 5.41 Å². The number of rotatable bonds is 5. The molecule has 9 aromatic rings. The van der Waals surface area contributed by atoms with Crippen LogP contribution in [0.2, 0.25) is 0 Å². The minimum absolute atomic E-state index is 0.0556. The Hall–Kier alpha value is -6.60. The van der Waals surface area contributed by atoms with E-state index in [1.807, 2.05) is 65.7 Å². The number of hydrogen-bond acceptors (Lipinski definition) is 6. The van der Waals surface area contributed by atoms with Gasteiger partial charge in [0.1, 0.15) is 23.0 Å². The molecule has 0 atom stereocenters. The molecule has 0 unspecified atom stereocenters. The van der Waals surface area contributed by atoms with E-state index in [0.717, 1.165) is 55.2 Å².